The van der Waals surface area contributed by atoms with Crippen LogP contribution in [0.4, 0.5) is 0 Å². The van der Waals surface area contributed by atoms with Crippen LogP contribution in [0.25, 0.3) is 0 Å². The topological polar surface area (TPSA) is 77.0 Å². The minimum absolute atomic E-state index is 0.0533. The number of rotatable bonds is 2. The second-order valence-electron chi connectivity index (χ2n) is 2.63. The van der Waals surface area contributed by atoms with Crippen LogP contribution in [0.5, 0.6) is 11.5 Å². The Hall–Kier alpha value is -2.20. The van der Waals surface area contributed by atoms with Gasteiger partial charge in [-0.3, -0.25) is 0 Å². The Labute approximate surface area is 81.6 Å². The molecule has 4 nitrogen and oxygen atoms in total. The Morgan fingerprint density at radius 3 is 2.64 bits per heavy atom. The summed E-state index contributed by atoms with van der Waals surface area (Å²) in [5.41, 5.74) is 0.772. The molecular weight excluding hydrogens is 180 g/mol. The molecule has 0 saturated heterocycles. The third-order valence-corrected chi connectivity index (χ3v) is 1.77. The Balaban J connectivity index is 3.30. The van der Waals surface area contributed by atoms with Gasteiger partial charge in [-0.1, -0.05) is 0 Å². The summed E-state index contributed by atoms with van der Waals surface area (Å²) in [5.74, 6) is 0.141. The van der Waals surface area contributed by atoms with Gasteiger partial charge in [0.2, 0.25) is 0 Å². The Morgan fingerprint density at radius 1 is 1.43 bits per heavy atom. The van der Waals surface area contributed by atoms with Crippen molar-refractivity contribution >= 4 is 0 Å². The van der Waals surface area contributed by atoms with Gasteiger partial charge in [0, 0.05) is 11.6 Å². The summed E-state index contributed by atoms with van der Waals surface area (Å²) in [7, 11) is 1.40. The van der Waals surface area contributed by atoms with E-state index in [2.05, 4.69) is 0 Å². The molecule has 14 heavy (non-hydrogen) atoms. The van der Waals surface area contributed by atoms with E-state index in [0.29, 0.717) is 11.1 Å². The molecule has 0 aliphatic carbocycles. The highest BCUT2D eigenvalue weighted by Crippen LogP contribution is 2.31. The van der Waals surface area contributed by atoms with Crippen LogP contribution in [0, 0.1) is 22.7 Å². The molecule has 0 amide bonds. The first-order valence-corrected chi connectivity index (χ1v) is 3.90. The number of nitriles is 2. The number of methoxy groups -OCH3 is 1. The molecule has 70 valence electrons. The molecule has 1 rings (SSSR count). The summed E-state index contributed by atoms with van der Waals surface area (Å²) in [4.78, 5) is 0. The van der Waals surface area contributed by atoms with E-state index in [4.69, 9.17) is 15.3 Å². The van der Waals surface area contributed by atoms with Crippen molar-refractivity contribution in [2.45, 2.75) is 6.42 Å². The van der Waals surface area contributed by atoms with Gasteiger partial charge >= 0.3 is 0 Å². The van der Waals surface area contributed by atoms with Gasteiger partial charge in [-0.05, 0) is 6.07 Å². The maximum absolute atomic E-state index is 9.55. The molecule has 0 aliphatic heterocycles. The average molecular weight is 188 g/mol. The Kier molecular flexibility index (Phi) is 2.93. The monoisotopic (exact) mass is 188 g/mol. The number of benzene rings is 1. The fourth-order valence-electron chi connectivity index (χ4n) is 1.11. The van der Waals surface area contributed by atoms with Crippen molar-refractivity contribution in [2.75, 3.05) is 7.11 Å². The highest BCUT2D eigenvalue weighted by atomic mass is 16.5. The minimum atomic E-state index is -0.0759. The SMILES string of the molecule is COc1cc(C#N)cc(CC#N)c1O. The maximum Gasteiger partial charge on any atom is 0.162 e. The van der Waals surface area contributed by atoms with Gasteiger partial charge < -0.3 is 9.84 Å². The number of ether oxygens (including phenoxy) is 1. The summed E-state index contributed by atoms with van der Waals surface area (Å²) in [5, 5.41) is 26.7. The van der Waals surface area contributed by atoms with Gasteiger partial charge in [0.15, 0.2) is 11.5 Å². The fourth-order valence-corrected chi connectivity index (χ4v) is 1.11. The van der Waals surface area contributed by atoms with Crippen LogP contribution in [-0.2, 0) is 6.42 Å². The molecule has 4 heteroatoms. The lowest BCUT2D eigenvalue weighted by Crippen LogP contribution is -1.91. The predicted octanol–water partition coefficient (Wildman–Crippen LogP) is 1.34. The van der Waals surface area contributed by atoms with Crippen molar-refractivity contribution in [3.05, 3.63) is 23.3 Å². The maximum atomic E-state index is 9.55. The third-order valence-electron chi connectivity index (χ3n) is 1.77. The normalized spacial score (nSPS) is 8.79. The Bertz CT molecular complexity index is 427. The number of aromatic hydroxyl groups is 1. The second-order valence-corrected chi connectivity index (χ2v) is 2.63. The van der Waals surface area contributed by atoms with Crippen LogP contribution in [0.1, 0.15) is 11.1 Å². The van der Waals surface area contributed by atoms with E-state index >= 15 is 0 Å². The van der Waals surface area contributed by atoms with Crippen LogP contribution in [0.2, 0.25) is 0 Å². The molecule has 0 fully saturated rings. The second kappa shape index (κ2) is 4.15. The molecule has 1 aromatic rings. The molecule has 0 heterocycles. The zero-order chi connectivity index (χ0) is 10.6. The number of nitrogens with zero attached hydrogens (tertiary/aromatic N) is 2. The van der Waals surface area contributed by atoms with E-state index in [-0.39, 0.29) is 17.9 Å². The lowest BCUT2D eigenvalue weighted by molar-refractivity contribution is 0.371. The molecule has 1 aromatic carbocycles. The molecule has 0 unspecified atom stereocenters. The van der Waals surface area contributed by atoms with Crippen LogP contribution < -0.4 is 4.74 Å². The van der Waals surface area contributed by atoms with Gasteiger partial charge in [0.25, 0.3) is 0 Å². The summed E-state index contributed by atoms with van der Waals surface area (Å²) in [6.07, 6.45) is 0.0533. The molecule has 0 bridgehead atoms. The molecular formula is C10H8N2O2. The molecule has 0 saturated carbocycles. The molecule has 0 radical (unpaired) electrons. The number of hydrogen-bond acceptors (Lipinski definition) is 4. The minimum Gasteiger partial charge on any atom is -0.504 e. The molecule has 1 N–H and O–H groups in total. The standard InChI is InChI=1S/C10H8N2O2/c1-14-9-5-7(6-12)4-8(2-3-11)10(9)13/h4-5,13H,2H2,1H3. The molecule has 0 aromatic heterocycles. The van der Waals surface area contributed by atoms with Crippen molar-refractivity contribution in [3.8, 4) is 23.6 Å². The van der Waals surface area contributed by atoms with Crippen molar-refractivity contribution in [1.29, 1.82) is 10.5 Å². The van der Waals surface area contributed by atoms with Crippen LogP contribution in [0.15, 0.2) is 12.1 Å². The number of phenols is 1. The summed E-state index contributed by atoms with van der Waals surface area (Å²) >= 11 is 0. The molecule has 0 atom stereocenters. The van der Waals surface area contributed by atoms with Gasteiger partial charge in [0.1, 0.15) is 0 Å². The predicted molar refractivity (Wildman–Crippen MR) is 48.7 cm³/mol. The summed E-state index contributed by atoms with van der Waals surface area (Å²) < 4.78 is 4.86. The lowest BCUT2D eigenvalue weighted by atomic mass is 10.1. The first-order valence-electron chi connectivity index (χ1n) is 3.90. The smallest absolute Gasteiger partial charge is 0.162 e. The van der Waals surface area contributed by atoms with Crippen LogP contribution in [-0.4, -0.2) is 12.2 Å². The number of phenolic OH excluding ortho intramolecular Hbond substituents is 1. The van der Waals surface area contributed by atoms with Crippen molar-refractivity contribution < 1.29 is 9.84 Å². The highest BCUT2D eigenvalue weighted by molar-refractivity contribution is 5.52. The summed E-state index contributed by atoms with van der Waals surface area (Å²) in [6.45, 7) is 0. The van der Waals surface area contributed by atoms with E-state index in [1.807, 2.05) is 12.1 Å². The fraction of sp³-hybridized carbons (Fsp3) is 0.200. The first-order chi connectivity index (χ1) is 6.72. The third kappa shape index (κ3) is 1.75. The zero-order valence-electron chi connectivity index (χ0n) is 7.61. The van der Waals surface area contributed by atoms with Crippen LogP contribution in [0.3, 0.4) is 0 Å². The van der Waals surface area contributed by atoms with Crippen molar-refractivity contribution in [3.63, 3.8) is 0 Å². The van der Waals surface area contributed by atoms with Crippen LogP contribution >= 0.6 is 0 Å². The quantitative estimate of drug-likeness (QED) is 0.759. The van der Waals surface area contributed by atoms with E-state index in [1.165, 1.54) is 19.2 Å². The van der Waals surface area contributed by atoms with E-state index in [1.54, 1.807) is 0 Å². The van der Waals surface area contributed by atoms with Gasteiger partial charge in [-0.25, -0.2) is 0 Å². The zero-order valence-corrected chi connectivity index (χ0v) is 7.61. The van der Waals surface area contributed by atoms with E-state index < -0.39 is 0 Å². The van der Waals surface area contributed by atoms with E-state index in [9.17, 15) is 5.11 Å². The van der Waals surface area contributed by atoms with Crippen molar-refractivity contribution in [1.82, 2.24) is 0 Å². The average Bonchev–Trinajstić information content (AvgIpc) is 2.21. The van der Waals surface area contributed by atoms with E-state index in [0.717, 1.165) is 0 Å². The Morgan fingerprint density at radius 2 is 2.14 bits per heavy atom. The van der Waals surface area contributed by atoms with Gasteiger partial charge in [0.05, 0.1) is 31.2 Å². The highest BCUT2D eigenvalue weighted by Gasteiger charge is 2.09. The van der Waals surface area contributed by atoms with Crippen molar-refractivity contribution in [2.24, 2.45) is 0 Å². The molecule has 0 spiro atoms. The van der Waals surface area contributed by atoms with Gasteiger partial charge in [-0.15, -0.1) is 0 Å². The largest absolute Gasteiger partial charge is 0.504 e. The molecule has 0 aliphatic rings. The number of hydrogen-bond donors (Lipinski definition) is 1. The lowest BCUT2D eigenvalue weighted by Gasteiger charge is -2.06. The summed E-state index contributed by atoms with van der Waals surface area (Å²) in [6, 6.07) is 6.73. The first kappa shape index (κ1) is 9.88. The van der Waals surface area contributed by atoms with Gasteiger partial charge in [-0.2, -0.15) is 10.5 Å².